The lowest BCUT2D eigenvalue weighted by Crippen LogP contribution is -2.32. The molecular formula is C24H41NO2. The number of hydrogen-bond acceptors (Lipinski definition) is 2. The molecule has 0 aliphatic carbocycles. The topological polar surface area (TPSA) is 52.3 Å². The second-order valence-corrected chi connectivity index (χ2v) is 7.70. The van der Waals surface area contributed by atoms with E-state index >= 15 is 0 Å². The summed E-state index contributed by atoms with van der Waals surface area (Å²) in [4.78, 5) is 11.3. The van der Waals surface area contributed by atoms with Gasteiger partial charge in [0.25, 0.3) is 5.91 Å². The van der Waals surface area contributed by atoms with E-state index in [-0.39, 0.29) is 0 Å². The number of nitrogens with two attached hydrogens (primary N) is 1. The third-order valence-electron chi connectivity index (χ3n) is 5.18. The molecule has 3 heteroatoms. The summed E-state index contributed by atoms with van der Waals surface area (Å²) in [5.74, 6) is 0.348. The molecule has 2 N–H and O–H groups in total. The molecule has 1 unspecified atom stereocenters. The molecule has 0 saturated heterocycles. The highest BCUT2D eigenvalue weighted by Crippen LogP contribution is 2.18. The SMILES string of the molecule is CCCCCCCCCCCCCCc1cccc(OC(CC)C(N)=O)c1. The maximum absolute atomic E-state index is 11.3. The van der Waals surface area contributed by atoms with Gasteiger partial charge in [-0.2, -0.15) is 0 Å². The Morgan fingerprint density at radius 1 is 0.889 bits per heavy atom. The molecule has 154 valence electrons. The first-order valence-electron chi connectivity index (χ1n) is 11.2. The maximum atomic E-state index is 11.3. The van der Waals surface area contributed by atoms with Crippen LogP contribution in [0, 0.1) is 0 Å². The molecule has 0 aromatic heterocycles. The van der Waals surface area contributed by atoms with Crippen molar-refractivity contribution >= 4 is 5.91 Å². The molecule has 0 bridgehead atoms. The van der Waals surface area contributed by atoms with Gasteiger partial charge >= 0.3 is 0 Å². The van der Waals surface area contributed by atoms with Crippen molar-refractivity contribution in [1.82, 2.24) is 0 Å². The molecule has 1 aromatic rings. The number of aryl methyl sites for hydroxylation is 1. The molecule has 1 aromatic carbocycles. The van der Waals surface area contributed by atoms with Crippen molar-refractivity contribution in [3.8, 4) is 5.75 Å². The average molecular weight is 376 g/mol. The molecule has 0 aliphatic heterocycles. The van der Waals surface area contributed by atoms with Gasteiger partial charge in [-0.1, -0.05) is 96.6 Å². The Bertz CT molecular complexity index is 501. The fraction of sp³-hybridized carbons (Fsp3) is 0.708. The summed E-state index contributed by atoms with van der Waals surface area (Å²) < 4.78 is 5.70. The van der Waals surface area contributed by atoms with Crippen molar-refractivity contribution in [2.45, 2.75) is 110 Å². The molecule has 1 amide bonds. The van der Waals surface area contributed by atoms with Crippen LogP contribution >= 0.6 is 0 Å². The zero-order valence-corrected chi connectivity index (χ0v) is 17.7. The fourth-order valence-electron chi connectivity index (χ4n) is 3.45. The molecule has 27 heavy (non-hydrogen) atoms. The van der Waals surface area contributed by atoms with Crippen molar-refractivity contribution in [3.05, 3.63) is 29.8 Å². The van der Waals surface area contributed by atoms with Gasteiger partial charge in [-0.25, -0.2) is 0 Å². The van der Waals surface area contributed by atoms with Crippen molar-refractivity contribution in [2.75, 3.05) is 0 Å². The number of unbranched alkanes of at least 4 members (excludes halogenated alkanes) is 11. The number of ether oxygens (including phenoxy) is 1. The highest BCUT2D eigenvalue weighted by atomic mass is 16.5. The van der Waals surface area contributed by atoms with Gasteiger partial charge in [0, 0.05) is 0 Å². The average Bonchev–Trinajstić information content (AvgIpc) is 2.67. The largest absolute Gasteiger partial charge is 0.481 e. The minimum atomic E-state index is -0.535. The number of hydrogen-bond donors (Lipinski definition) is 1. The van der Waals surface area contributed by atoms with Crippen molar-refractivity contribution in [3.63, 3.8) is 0 Å². The highest BCUT2D eigenvalue weighted by Gasteiger charge is 2.14. The Kier molecular flexibility index (Phi) is 13.5. The summed E-state index contributed by atoms with van der Waals surface area (Å²) in [5, 5.41) is 0. The first-order valence-corrected chi connectivity index (χ1v) is 11.2. The molecule has 1 rings (SSSR count). The first-order chi connectivity index (χ1) is 13.2. The van der Waals surface area contributed by atoms with Gasteiger partial charge in [0.05, 0.1) is 0 Å². The minimum absolute atomic E-state index is 0.399. The monoisotopic (exact) mass is 375 g/mol. The molecule has 0 saturated carbocycles. The van der Waals surface area contributed by atoms with Gasteiger partial charge in [0.2, 0.25) is 0 Å². The van der Waals surface area contributed by atoms with Crippen LogP contribution in [0.25, 0.3) is 0 Å². The Labute approximate surface area is 167 Å². The van der Waals surface area contributed by atoms with E-state index in [0.29, 0.717) is 6.42 Å². The van der Waals surface area contributed by atoms with Crippen molar-refractivity contribution in [1.29, 1.82) is 0 Å². The number of benzene rings is 1. The summed E-state index contributed by atoms with van der Waals surface area (Å²) >= 11 is 0. The standard InChI is InChI=1S/C24H41NO2/c1-3-5-6-7-8-9-10-11-12-13-14-15-17-21-18-16-19-22(20-21)27-23(4-2)24(25)26/h16,18-20,23H,3-15,17H2,1-2H3,(H2,25,26). The molecule has 0 radical (unpaired) electrons. The van der Waals surface area contributed by atoms with E-state index in [1.165, 1.54) is 82.6 Å². The lowest BCUT2D eigenvalue weighted by Gasteiger charge is -2.14. The normalized spacial score (nSPS) is 12.1. The van der Waals surface area contributed by atoms with Crippen molar-refractivity contribution in [2.24, 2.45) is 5.73 Å². The van der Waals surface area contributed by atoms with Crippen LogP contribution in [0.5, 0.6) is 5.75 Å². The van der Waals surface area contributed by atoms with Crippen LogP contribution in [0.1, 0.15) is 103 Å². The van der Waals surface area contributed by atoms with Crippen LogP contribution in [-0.4, -0.2) is 12.0 Å². The zero-order chi connectivity index (χ0) is 19.7. The lowest BCUT2D eigenvalue weighted by atomic mass is 10.0. The van der Waals surface area contributed by atoms with Gasteiger partial charge in [0.1, 0.15) is 5.75 Å². The second kappa shape index (κ2) is 15.5. The minimum Gasteiger partial charge on any atom is -0.481 e. The summed E-state index contributed by atoms with van der Waals surface area (Å²) in [6, 6.07) is 8.08. The van der Waals surface area contributed by atoms with Crippen LogP contribution in [0.4, 0.5) is 0 Å². The fourth-order valence-corrected chi connectivity index (χ4v) is 3.45. The molecule has 3 nitrogen and oxygen atoms in total. The van der Waals surface area contributed by atoms with Crippen LogP contribution in [0.15, 0.2) is 24.3 Å². The van der Waals surface area contributed by atoms with Crippen LogP contribution in [0.2, 0.25) is 0 Å². The van der Waals surface area contributed by atoms with E-state index in [0.717, 1.165) is 12.2 Å². The lowest BCUT2D eigenvalue weighted by molar-refractivity contribution is -0.124. The van der Waals surface area contributed by atoms with E-state index < -0.39 is 12.0 Å². The van der Waals surface area contributed by atoms with Gasteiger partial charge in [-0.05, 0) is 37.0 Å². The van der Waals surface area contributed by atoms with E-state index in [1.54, 1.807) is 0 Å². The molecule has 0 fully saturated rings. The van der Waals surface area contributed by atoms with E-state index in [1.807, 2.05) is 25.1 Å². The molecule has 0 heterocycles. The summed E-state index contributed by atoms with van der Waals surface area (Å²) in [5.41, 5.74) is 6.63. The molecule has 1 atom stereocenters. The van der Waals surface area contributed by atoms with Gasteiger partial charge in [-0.3, -0.25) is 4.79 Å². The van der Waals surface area contributed by atoms with Gasteiger partial charge < -0.3 is 10.5 Å². The molecule has 0 aliphatic rings. The van der Waals surface area contributed by atoms with Crippen molar-refractivity contribution < 1.29 is 9.53 Å². The molecule has 0 spiro atoms. The zero-order valence-electron chi connectivity index (χ0n) is 17.7. The van der Waals surface area contributed by atoms with E-state index in [4.69, 9.17) is 10.5 Å². The van der Waals surface area contributed by atoms with Crippen LogP contribution in [0.3, 0.4) is 0 Å². The summed E-state index contributed by atoms with van der Waals surface area (Å²) in [6.45, 7) is 4.18. The third-order valence-corrected chi connectivity index (χ3v) is 5.18. The highest BCUT2D eigenvalue weighted by molar-refractivity contribution is 5.79. The van der Waals surface area contributed by atoms with Gasteiger partial charge in [-0.15, -0.1) is 0 Å². The maximum Gasteiger partial charge on any atom is 0.258 e. The predicted octanol–water partition coefficient (Wildman–Crippen LogP) is 6.57. The Balaban J connectivity index is 2.08. The summed E-state index contributed by atoms with van der Waals surface area (Å²) in [6.07, 6.45) is 17.6. The number of carbonyl (C=O) groups excluding carboxylic acids is 1. The quantitative estimate of drug-likeness (QED) is 0.313. The number of amides is 1. The number of carbonyl (C=O) groups is 1. The van der Waals surface area contributed by atoms with Crippen LogP contribution in [-0.2, 0) is 11.2 Å². The molecular weight excluding hydrogens is 334 g/mol. The van der Waals surface area contributed by atoms with E-state index in [2.05, 4.69) is 13.0 Å². The number of primary amides is 1. The Hall–Kier alpha value is -1.51. The predicted molar refractivity (Wildman–Crippen MR) is 115 cm³/mol. The number of rotatable bonds is 17. The smallest absolute Gasteiger partial charge is 0.258 e. The van der Waals surface area contributed by atoms with Crippen LogP contribution < -0.4 is 10.5 Å². The first kappa shape index (κ1) is 23.5. The Morgan fingerprint density at radius 2 is 1.44 bits per heavy atom. The second-order valence-electron chi connectivity index (χ2n) is 7.70. The third kappa shape index (κ3) is 11.7. The Morgan fingerprint density at radius 3 is 1.96 bits per heavy atom. The van der Waals surface area contributed by atoms with Gasteiger partial charge in [0.15, 0.2) is 6.10 Å². The van der Waals surface area contributed by atoms with E-state index in [9.17, 15) is 4.79 Å². The summed E-state index contributed by atoms with van der Waals surface area (Å²) in [7, 11) is 0.